The third kappa shape index (κ3) is 5.93. The molecule has 3 rings (SSSR count). The topological polar surface area (TPSA) is 104 Å². The van der Waals surface area contributed by atoms with Crippen LogP contribution in [-0.2, 0) is 24.8 Å². The second kappa shape index (κ2) is 10.2. The van der Waals surface area contributed by atoms with E-state index in [1.807, 2.05) is 6.92 Å². The molecule has 1 aliphatic rings. The molecular weight excluding hydrogens is 462 g/mol. The second-order valence-corrected chi connectivity index (χ2v) is 12.1. The van der Waals surface area contributed by atoms with Crippen molar-refractivity contribution in [3.63, 3.8) is 0 Å². The largest absolute Gasteiger partial charge is 0.324 e. The second-order valence-electron chi connectivity index (χ2n) is 8.30. The van der Waals surface area contributed by atoms with Crippen LogP contribution in [0.5, 0.6) is 0 Å². The van der Waals surface area contributed by atoms with Crippen molar-refractivity contribution in [1.82, 2.24) is 4.31 Å². The normalized spacial score (nSPS) is 16.2. The summed E-state index contributed by atoms with van der Waals surface area (Å²) in [6.07, 6.45) is 4.06. The maximum Gasteiger partial charge on any atom is 0.248 e. The van der Waals surface area contributed by atoms with Gasteiger partial charge in [0.25, 0.3) is 0 Å². The molecular formula is C23H31N3O5S2. The van der Waals surface area contributed by atoms with Gasteiger partial charge in [-0.3, -0.25) is 9.10 Å². The van der Waals surface area contributed by atoms with Gasteiger partial charge in [0.1, 0.15) is 6.04 Å². The fraction of sp³-hybridized carbons (Fsp3) is 0.435. The van der Waals surface area contributed by atoms with Gasteiger partial charge in [-0.25, -0.2) is 16.8 Å². The van der Waals surface area contributed by atoms with Gasteiger partial charge >= 0.3 is 0 Å². The Bertz CT molecular complexity index is 1170. The molecule has 1 heterocycles. The van der Waals surface area contributed by atoms with E-state index in [1.165, 1.54) is 28.6 Å². The highest BCUT2D eigenvalue weighted by atomic mass is 32.2. The van der Waals surface area contributed by atoms with E-state index in [4.69, 9.17) is 0 Å². The molecule has 33 heavy (non-hydrogen) atoms. The highest BCUT2D eigenvalue weighted by molar-refractivity contribution is 7.92. The first kappa shape index (κ1) is 25.2. The van der Waals surface area contributed by atoms with Crippen LogP contribution in [0, 0.1) is 6.92 Å². The quantitative estimate of drug-likeness (QED) is 0.607. The summed E-state index contributed by atoms with van der Waals surface area (Å²) < 4.78 is 53.4. The van der Waals surface area contributed by atoms with Gasteiger partial charge in [0.2, 0.25) is 26.0 Å². The average molecular weight is 494 g/mol. The van der Waals surface area contributed by atoms with E-state index in [0.717, 1.165) is 35.4 Å². The van der Waals surface area contributed by atoms with Gasteiger partial charge in [-0.15, -0.1) is 0 Å². The number of nitrogens with one attached hydrogen (secondary N) is 1. The number of nitrogens with zero attached hydrogens (tertiary/aromatic N) is 2. The van der Waals surface area contributed by atoms with Gasteiger partial charge in [0.05, 0.1) is 16.8 Å². The predicted octanol–water partition coefficient (Wildman–Crippen LogP) is 3.35. The SMILES string of the molecule is CCC(C(=O)Nc1ccc(S(=O)(=O)N2CCCCC2)cc1)N(c1ccc(C)cc1)S(C)(=O)=O. The van der Waals surface area contributed by atoms with Crippen molar-refractivity contribution in [3.8, 4) is 0 Å². The molecule has 180 valence electrons. The third-order valence-electron chi connectivity index (χ3n) is 5.69. The molecule has 1 fully saturated rings. The van der Waals surface area contributed by atoms with Crippen molar-refractivity contribution in [2.45, 2.75) is 50.5 Å². The number of hydrogen-bond acceptors (Lipinski definition) is 5. The number of carbonyl (C=O) groups excluding carboxylic acids is 1. The summed E-state index contributed by atoms with van der Waals surface area (Å²) in [5.41, 5.74) is 1.78. The number of piperidine rings is 1. The van der Waals surface area contributed by atoms with Gasteiger partial charge in [0.15, 0.2) is 0 Å². The number of anilines is 2. The fourth-order valence-electron chi connectivity index (χ4n) is 3.94. The number of sulfonamides is 2. The molecule has 1 amide bonds. The van der Waals surface area contributed by atoms with Crippen LogP contribution in [0.4, 0.5) is 11.4 Å². The predicted molar refractivity (Wildman–Crippen MR) is 130 cm³/mol. The van der Waals surface area contributed by atoms with E-state index in [0.29, 0.717) is 24.5 Å². The van der Waals surface area contributed by atoms with Crippen LogP contribution >= 0.6 is 0 Å². The zero-order valence-corrected chi connectivity index (χ0v) is 20.8. The molecule has 0 aromatic heterocycles. The van der Waals surface area contributed by atoms with Crippen LogP contribution < -0.4 is 9.62 Å². The van der Waals surface area contributed by atoms with E-state index in [-0.39, 0.29) is 11.3 Å². The Balaban J connectivity index is 1.80. The molecule has 0 radical (unpaired) electrons. The molecule has 0 saturated carbocycles. The van der Waals surface area contributed by atoms with Crippen molar-refractivity contribution in [3.05, 3.63) is 54.1 Å². The highest BCUT2D eigenvalue weighted by Crippen LogP contribution is 2.25. The molecule has 2 aromatic carbocycles. The van der Waals surface area contributed by atoms with Gasteiger partial charge in [-0.2, -0.15) is 4.31 Å². The molecule has 8 nitrogen and oxygen atoms in total. The monoisotopic (exact) mass is 493 g/mol. The lowest BCUT2D eigenvalue weighted by Gasteiger charge is -2.30. The summed E-state index contributed by atoms with van der Waals surface area (Å²) >= 11 is 0. The minimum Gasteiger partial charge on any atom is -0.324 e. The number of carbonyl (C=O) groups is 1. The van der Waals surface area contributed by atoms with Crippen LogP contribution in [0.2, 0.25) is 0 Å². The zero-order chi connectivity index (χ0) is 24.2. The van der Waals surface area contributed by atoms with Crippen LogP contribution in [-0.4, -0.2) is 52.4 Å². The van der Waals surface area contributed by atoms with Crippen molar-refractivity contribution in [2.24, 2.45) is 0 Å². The Kier molecular flexibility index (Phi) is 7.81. The first-order chi connectivity index (χ1) is 15.5. The molecule has 1 N–H and O–H groups in total. The van der Waals surface area contributed by atoms with E-state index in [9.17, 15) is 21.6 Å². The first-order valence-electron chi connectivity index (χ1n) is 11.0. The lowest BCUT2D eigenvalue weighted by molar-refractivity contribution is -0.117. The number of rotatable bonds is 8. The van der Waals surface area contributed by atoms with Crippen LogP contribution in [0.3, 0.4) is 0 Å². The Morgan fingerprint density at radius 3 is 2.06 bits per heavy atom. The molecule has 1 unspecified atom stereocenters. The summed E-state index contributed by atoms with van der Waals surface area (Å²) in [5, 5.41) is 2.73. The van der Waals surface area contributed by atoms with Crippen molar-refractivity contribution >= 4 is 37.3 Å². The van der Waals surface area contributed by atoms with Crippen LogP contribution in [0.25, 0.3) is 0 Å². The molecule has 1 atom stereocenters. The van der Waals surface area contributed by atoms with E-state index in [2.05, 4.69) is 5.32 Å². The molecule has 1 saturated heterocycles. The Morgan fingerprint density at radius 1 is 0.970 bits per heavy atom. The molecule has 2 aromatic rings. The molecule has 10 heteroatoms. The summed E-state index contributed by atoms with van der Waals surface area (Å²) in [7, 11) is -7.30. The van der Waals surface area contributed by atoms with Crippen molar-refractivity contribution in [1.29, 1.82) is 0 Å². The molecule has 0 spiro atoms. The number of amides is 1. The summed E-state index contributed by atoms with van der Waals surface area (Å²) in [6, 6.07) is 12.0. The van der Waals surface area contributed by atoms with Crippen LogP contribution in [0.1, 0.15) is 38.2 Å². The van der Waals surface area contributed by atoms with Gasteiger partial charge < -0.3 is 5.32 Å². The lowest BCUT2D eigenvalue weighted by atomic mass is 10.1. The fourth-order valence-corrected chi connectivity index (χ4v) is 6.67. The van der Waals surface area contributed by atoms with Crippen molar-refractivity contribution < 1.29 is 21.6 Å². The van der Waals surface area contributed by atoms with Crippen LogP contribution in [0.15, 0.2) is 53.4 Å². The first-order valence-corrected chi connectivity index (χ1v) is 14.3. The number of benzene rings is 2. The Labute approximate surface area is 196 Å². The Hall–Kier alpha value is -2.43. The van der Waals surface area contributed by atoms with Gasteiger partial charge in [-0.1, -0.05) is 31.0 Å². The van der Waals surface area contributed by atoms with Crippen molar-refractivity contribution in [2.75, 3.05) is 29.0 Å². The molecule has 0 aliphatic carbocycles. The van der Waals surface area contributed by atoms with Gasteiger partial charge in [-0.05, 0) is 62.6 Å². The zero-order valence-electron chi connectivity index (χ0n) is 19.2. The number of hydrogen-bond donors (Lipinski definition) is 1. The molecule has 1 aliphatic heterocycles. The lowest BCUT2D eigenvalue weighted by Crippen LogP contribution is -2.47. The Morgan fingerprint density at radius 2 is 1.55 bits per heavy atom. The molecule has 0 bridgehead atoms. The average Bonchev–Trinajstić information content (AvgIpc) is 2.78. The highest BCUT2D eigenvalue weighted by Gasteiger charge is 2.32. The number of aryl methyl sites for hydroxylation is 1. The smallest absolute Gasteiger partial charge is 0.248 e. The van der Waals surface area contributed by atoms with E-state index >= 15 is 0 Å². The summed E-state index contributed by atoms with van der Waals surface area (Å²) in [5.74, 6) is -0.491. The van der Waals surface area contributed by atoms with E-state index < -0.39 is 32.0 Å². The standard InChI is InChI=1S/C23H31N3O5S2/c1-4-22(26(32(3,28)29)20-12-8-18(2)9-13-20)23(27)24-19-10-14-21(15-11-19)33(30,31)25-16-6-5-7-17-25/h8-15,22H,4-7,16-17H2,1-3H3,(H,24,27). The minimum atomic E-state index is -3.73. The summed E-state index contributed by atoms with van der Waals surface area (Å²) in [6.45, 7) is 4.66. The summed E-state index contributed by atoms with van der Waals surface area (Å²) in [4.78, 5) is 13.2. The maximum atomic E-state index is 13.1. The van der Waals surface area contributed by atoms with E-state index in [1.54, 1.807) is 31.2 Å². The maximum absolute atomic E-state index is 13.1. The minimum absolute atomic E-state index is 0.173. The van der Waals surface area contributed by atoms with Gasteiger partial charge in [0, 0.05) is 18.8 Å². The third-order valence-corrected chi connectivity index (χ3v) is 8.79.